The first-order valence-electron chi connectivity index (χ1n) is 5.71. The van der Waals surface area contributed by atoms with Gasteiger partial charge in [0.15, 0.2) is 0 Å². The van der Waals surface area contributed by atoms with Crippen LogP contribution in [0.2, 0.25) is 0 Å². The van der Waals surface area contributed by atoms with Crippen LogP contribution in [0.5, 0.6) is 0 Å². The summed E-state index contributed by atoms with van der Waals surface area (Å²) in [5.41, 5.74) is 1.39. The van der Waals surface area contributed by atoms with Crippen LogP contribution >= 0.6 is 59.1 Å². The Bertz CT molecular complexity index is 507. The van der Waals surface area contributed by atoms with E-state index in [0.29, 0.717) is 5.92 Å². The number of rotatable bonds is 5. The van der Waals surface area contributed by atoms with Crippen molar-refractivity contribution in [1.82, 2.24) is 0 Å². The Balaban J connectivity index is 2.04. The van der Waals surface area contributed by atoms with E-state index in [1.807, 2.05) is 11.3 Å². The van der Waals surface area contributed by atoms with Gasteiger partial charge in [-0.3, -0.25) is 0 Å². The molecule has 1 heterocycles. The van der Waals surface area contributed by atoms with E-state index < -0.39 is 0 Å². The van der Waals surface area contributed by atoms with Gasteiger partial charge in [0, 0.05) is 19.2 Å². The standard InChI is InChI=1S/C14H13Br3S/c15-9-11(8-14-13(17)4-5-18-14)6-10-2-1-3-12(16)7-10/h1-5,7,11H,6,8-9H2. The third-order valence-electron chi connectivity index (χ3n) is 2.80. The average Bonchev–Trinajstić information content (AvgIpc) is 2.74. The molecule has 2 rings (SSSR count). The Hall–Kier alpha value is 0.360. The molecular weight excluding hydrogens is 440 g/mol. The molecule has 18 heavy (non-hydrogen) atoms. The molecule has 1 aromatic heterocycles. The molecule has 0 bridgehead atoms. The van der Waals surface area contributed by atoms with Crippen molar-refractivity contribution < 1.29 is 0 Å². The Morgan fingerprint density at radius 1 is 1.11 bits per heavy atom. The molecule has 0 aliphatic heterocycles. The van der Waals surface area contributed by atoms with Crippen LogP contribution in [0.25, 0.3) is 0 Å². The summed E-state index contributed by atoms with van der Waals surface area (Å²) < 4.78 is 2.40. The quantitative estimate of drug-likeness (QED) is 0.483. The summed E-state index contributed by atoms with van der Waals surface area (Å²) in [6.45, 7) is 0. The maximum absolute atomic E-state index is 3.64. The first-order valence-corrected chi connectivity index (χ1v) is 9.30. The summed E-state index contributed by atoms with van der Waals surface area (Å²) in [5, 5.41) is 3.17. The molecule has 96 valence electrons. The lowest BCUT2D eigenvalue weighted by Gasteiger charge is -2.13. The van der Waals surface area contributed by atoms with Gasteiger partial charge in [0.05, 0.1) is 0 Å². The van der Waals surface area contributed by atoms with E-state index in [1.54, 1.807) is 0 Å². The van der Waals surface area contributed by atoms with Gasteiger partial charge in [0.2, 0.25) is 0 Å². The number of benzene rings is 1. The molecule has 0 saturated heterocycles. The van der Waals surface area contributed by atoms with Crippen molar-refractivity contribution in [3.8, 4) is 0 Å². The maximum Gasteiger partial charge on any atom is 0.0314 e. The molecule has 0 radical (unpaired) electrons. The van der Waals surface area contributed by atoms with Crippen LogP contribution in [0.3, 0.4) is 0 Å². The third kappa shape index (κ3) is 4.19. The highest BCUT2D eigenvalue weighted by molar-refractivity contribution is 9.11. The monoisotopic (exact) mass is 450 g/mol. The molecule has 0 fully saturated rings. The zero-order valence-corrected chi connectivity index (χ0v) is 15.3. The van der Waals surface area contributed by atoms with Gasteiger partial charge in [-0.25, -0.2) is 0 Å². The molecule has 1 aromatic carbocycles. The Morgan fingerprint density at radius 3 is 2.56 bits per heavy atom. The molecular formula is C14H13Br3S. The van der Waals surface area contributed by atoms with Crippen molar-refractivity contribution >= 4 is 59.1 Å². The lowest BCUT2D eigenvalue weighted by Crippen LogP contribution is -2.09. The molecule has 0 N–H and O–H groups in total. The van der Waals surface area contributed by atoms with E-state index in [0.717, 1.165) is 22.6 Å². The fourth-order valence-electron chi connectivity index (χ4n) is 1.91. The van der Waals surface area contributed by atoms with E-state index in [-0.39, 0.29) is 0 Å². The highest BCUT2D eigenvalue weighted by Gasteiger charge is 2.12. The van der Waals surface area contributed by atoms with Crippen LogP contribution < -0.4 is 0 Å². The smallest absolute Gasteiger partial charge is 0.0314 e. The zero-order valence-electron chi connectivity index (χ0n) is 9.70. The number of thiophene rings is 1. The fourth-order valence-corrected chi connectivity index (χ4v) is 4.45. The largest absolute Gasteiger partial charge is 0.148 e. The SMILES string of the molecule is BrCC(Cc1cccc(Br)c1)Cc1sccc1Br. The van der Waals surface area contributed by atoms with Crippen LogP contribution in [-0.4, -0.2) is 5.33 Å². The minimum atomic E-state index is 0.634. The van der Waals surface area contributed by atoms with Crippen molar-refractivity contribution in [1.29, 1.82) is 0 Å². The molecule has 1 unspecified atom stereocenters. The van der Waals surface area contributed by atoms with E-state index in [2.05, 4.69) is 83.5 Å². The van der Waals surface area contributed by atoms with Crippen LogP contribution in [0.4, 0.5) is 0 Å². The lowest BCUT2D eigenvalue weighted by atomic mass is 9.97. The Kier molecular flexibility index (Phi) is 5.93. The summed E-state index contributed by atoms with van der Waals surface area (Å²) in [6.07, 6.45) is 2.23. The van der Waals surface area contributed by atoms with Gasteiger partial charge in [-0.2, -0.15) is 0 Å². The van der Waals surface area contributed by atoms with Crippen LogP contribution in [-0.2, 0) is 12.8 Å². The van der Waals surface area contributed by atoms with Gasteiger partial charge in [0.25, 0.3) is 0 Å². The summed E-state index contributed by atoms with van der Waals surface area (Å²) in [5.74, 6) is 0.634. The fraction of sp³-hybridized carbons (Fsp3) is 0.286. The van der Waals surface area contributed by atoms with Crippen molar-refractivity contribution in [3.05, 3.63) is 55.1 Å². The molecule has 0 aliphatic rings. The molecule has 4 heteroatoms. The summed E-state index contributed by atoms with van der Waals surface area (Å²) in [7, 11) is 0. The second-order valence-electron chi connectivity index (χ2n) is 4.25. The van der Waals surface area contributed by atoms with E-state index in [1.165, 1.54) is 14.9 Å². The second-order valence-corrected chi connectivity index (χ2v) is 7.67. The normalized spacial score (nSPS) is 12.6. The summed E-state index contributed by atoms with van der Waals surface area (Å²) in [4.78, 5) is 1.44. The number of hydrogen-bond donors (Lipinski definition) is 0. The molecule has 0 nitrogen and oxygen atoms in total. The summed E-state index contributed by atoms with van der Waals surface area (Å²) >= 11 is 12.6. The van der Waals surface area contributed by atoms with E-state index >= 15 is 0 Å². The van der Waals surface area contributed by atoms with Crippen molar-refractivity contribution in [3.63, 3.8) is 0 Å². The van der Waals surface area contributed by atoms with E-state index in [4.69, 9.17) is 0 Å². The van der Waals surface area contributed by atoms with E-state index in [9.17, 15) is 0 Å². The summed E-state index contributed by atoms with van der Waals surface area (Å²) in [6, 6.07) is 10.7. The van der Waals surface area contributed by atoms with Gasteiger partial charge < -0.3 is 0 Å². The molecule has 0 aliphatic carbocycles. The molecule has 0 amide bonds. The minimum Gasteiger partial charge on any atom is -0.148 e. The number of alkyl halides is 1. The Morgan fingerprint density at radius 2 is 1.94 bits per heavy atom. The van der Waals surface area contributed by atoms with Crippen LogP contribution in [0.15, 0.2) is 44.7 Å². The second kappa shape index (κ2) is 7.22. The van der Waals surface area contributed by atoms with Gasteiger partial charge in [-0.05, 0) is 63.8 Å². The predicted octanol–water partition coefficient (Wildman–Crippen LogP) is 6.07. The van der Waals surface area contributed by atoms with Crippen LogP contribution in [0.1, 0.15) is 10.4 Å². The highest BCUT2D eigenvalue weighted by Crippen LogP contribution is 2.27. The molecule has 1 atom stereocenters. The number of hydrogen-bond acceptors (Lipinski definition) is 1. The van der Waals surface area contributed by atoms with Crippen molar-refractivity contribution in [2.45, 2.75) is 12.8 Å². The first-order chi connectivity index (χ1) is 8.69. The Labute approximate surface area is 137 Å². The van der Waals surface area contributed by atoms with Gasteiger partial charge in [0.1, 0.15) is 0 Å². The average molecular weight is 453 g/mol. The number of halogens is 3. The predicted molar refractivity (Wildman–Crippen MR) is 90.9 cm³/mol. The molecule has 0 spiro atoms. The van der Waals surface area contributed by atoms with Crippen molar-refractivity contribution in [2.24, 2.45) is 5.92 Å². The lowest BCUT2D eigenvalue weighted by molar-refractivity contribution is 0.595. The van der Waals surface area contributed by atoms with Crippen molar-refractivity contribution in [2.75, 3.05) is 5.33 Å². The van der Waals surface area contributed by atoms with Gasteiger partial charge >= 0.3 is 0 Å². The highest BCUT2D eigenvalue weighted by atomic mass is 79.9. The van der Waals surface area contributed by atoms with Crippen LogP contribution in [0, 0.1) is 5.92 Å². The minimum absolute atomic E-state index is 0.634. The van der Waals surface area contributed by atoms with Gasteiger partial charge in [-0.1, -0.05) is 44.0 Å². The zero-order chi connectivity index (χ0) is 13.0. The topological polar surface area (TPSA) is 0 Å². The van der Waals surface area contributed by atoms with Gasteiger partial charge in [-0.15, -0.1) is 11.3 Å². The first kappa shape index (κ1) is 14.8. The molecule has 0 saturated carbocycles. The maximum atomic E-state index is 3.64. The molecule has 2 aromatic rings. The third-order valence-corrected chi connectivity index (χ3v) is 6.15.